The van der Waals surface area contributed by atoms with Crippen LogP contribution in [0.5, 0.6) is 0 Å². The number of carbonyl (C=O) groups excluding carboxylic acids is 1. The van der Waals surface area contributed by atoms with E-state index in [1.54, 1.807) is 11.1 Å². The number of nitrogens with one attached hydrogen (secondary N) is 1. The molecule has 0 aliphatic carbocycles. The molecular formula is C13H14ClN5O. The Labute approximate surface area is 120 Å². The normalized spacial score (nSPS) is 18.4. The molecule has 1 aliphatic heterocycles. The third-order valence-corrected chi connectivity index (χ3v) is 3.87. The number of nitrogen functional groups attached to an aromatic ring is 1. The van der Waals surface area contributed by atoms with Crippen LogP contribution < -0.4 is 5.73 Å². The summed E-state index contributed by atoms with van der Waals surface area (Å²) in [6.07, 6.45) is 3.57. The number of carbonyl (C=O) groups is 1. The number of pyridine rings is 1. The summed E-state index contributed by atoms with van der Waals surface area (Å²) in [5.41, 5.74) is 6.70. The number of likely N-dealkylation sites (tertiary alicyclic amines) is 1. The summed E-state index contributed by atoms with van der Waals surface area (Å²) in [7, 11) is 0. The Balaban J connectivity index is 1.89. The summed E-state index contributed by atoms with van der Waals surface area (Å²) in [4.78, 5) is 18.7. The van der Waals surface area contributed by atoms with Crippen molar-refractivity contribution in [3.8, 4) is 0 Å². The molecule has 1 unspecified atom stereocenters. The molecule has 1 fully saturated rings. The van der Waals surface area contributed by atoms with Gasteiger partial charge in [-0.25, -0.2) is 0 Å². The third kappa shape index (κ3) is 2.12. The summed E-state index contributed by atoms with van der Waals surface area (Å²) in [6, 6.07) is 5.69. The molecule has 1 atom stereocenters. The SMILES string of the molecule is Nc1n[nH]c(C(=O)N2CCCC2c2ccccn2)c1Cl. The first kappa shape index (κ1) is 12.9. The fraction of sp³-hybridized carbons (Fsp3) is 0.308. The van der Waals surface area contributed by atoms with E-state index in [0.29, 0.717) is 6.54 Å². The monoisotopic (exact) mass is 291 g/mol. The van der Waals surface area contributed by atoms with Gasteiger partial charge in [0.15, 0.2) is 5.82 Å². The Morgan fingerprint density at radius 1 is 1.50 bits per heavy atom. The van der Waals surface area contributed by atoms with Crippen LogP contribution in [-0.2, 0) is 0 Å². The van der Waals surface area contributed by atoms with E-state index in [-0.39, 0.29) is 28.5 Å². The van der Waals surface area contributed by atoms with Gasteiger partial charge >= 0.3 is 0 Å². The number of rotatable bonds is 2. The van der Waals surface area contributed by atoms with Gasteiger partial charge in [0.25, 0.3) is 5.91 Å². The molecule has 1 saturated heterocycles. The van der Waals surface area contributed by atoms with Crippen LogP contribution in [0.2, 0.25) is 5.02 Å². The van der Waals surface area contributed by atoms with Crippen molar-refractivity contribution < 1.29 is 4.79 Å². The highest BCUT2D eigenvalue weighted by Gasteiger charge is 2.33. The minimum atomic E-state index is -0.188. The van der Waals surface area contributed by atoms with Gasteiger partial charge in [-0.3, -0.25) is 14.9 Å². The smallest absolute Gasteiger partial charge is 0.274 e. The number of aromatic nitrogens is 3. The largest absolute Gasteiger partial charge is 0.381 e. The number of anilines is 1. The molecular weight excluding hydrogens is 278 g/mol. The first-order valence-electron chi connectivity index (χ1n) is 6.39. The van der Waals surface area contributed by atoms with Gasteiger partial charge in [-0.05, 0) is 25.0 Å². The Morgan fingerprint density at radius 3 is 3.00 bits per heavy atom. The second-order valence-corrected chi connectivity index (χ2v) is 5.09. The van der Waals surface area contributed by atoms with Crippen molar-refractivity contribution in [2.24, 2.45) is 0 Å². The molecule has 0 aromatic carbocycles. The number of hydrogen-bond donors (Lipinski definition) is 2. The average molecular weight is 292 g/mol. The molecule has 1 amide bonds. The fourth-order valence-electron chi connectivity index (χ4n) is 2.52. The van der Waals surface area contributed by atoms with Crippen molar-refractivity contribution >= 4 is 23.3 Å². The van der Waals surface area contributed by atoms with E-state index in [4.69, 9.17) is 17.3 Å². The quantitative estimate of drug-likeness (QED) is 0.886. The topological polar surface area (TPSA) is 87.9 Å². The third-order valence-electron chi connectivity index (χ3n) is 3.49. The standard InChI is InChI=1S/C13H14ClN5O/c14-10-11(17-18-12(10)15)13(20)19-7-3-5-9(19)8-4-1-2-6-16-8/h1-2,4,6,9H,3,5,7H2,(H3,15,17,18). The molecule has 0 saturated carbocycles. The van der Waals surface area contributed by atoms with Gasteiger partial charge in [0.05, 0.1) is 11.7 Å². The predicted octanol–water partition coefficient (Wildman–Crippen LogP) is 2.02. The zero-order valence-corrected chi connectivity index (χ0v) is 11.5. The second kappa shape index (κ2) is 5.13. The van der Waals surface area contributed by atoms with Gasteiger partial charge in [-0.15, -0.1) is 0 Å². The molecule has 104 valence electrons. The van der Waals surface area contributed by atoms with Crippen LogP contribution >= 0.6 is 11.6 Å². The van der Waals surface area contributed by atoms with Crippen LogP contribution in [0.15, 0.2) is 24.4 Å². The van der Waals surface area contributed by atoms with Gasteiger partial charge in [0.2, 0.25) is 0 Å². The summed E-state index contributed by atoms with van der Waals surface area (Å²) in [5.74, 6) is -0.0454. The van der Waals surface area contributed by atoms with Gasteiger partial charge in [-0.1, -0.05) is 17.7 Å². The zero-order valence-electron chi connectivity index (χ0n) is 10.7. The summed E-state index contributed by atoms with van der Waals surface area (Å²) in [5, 5.41) is 6.55. The lowest BCUT2D eigenvalue weighted by Crippen LogP contribution is -2.31. The molecule has 6 nitrogen and oxygen atoms in total. The van der Waals surface area contributed by atoms with E-state index in [0.717, 1.165) is 18.5 Å². The van der Waals surface area contributed by atoms with E-state index in [1.807, 2.05) is 18.2 Å². The van der Waals surface area contributed by atoms with E-state index < -0.39 is 0 Å². The van der Waals surface area contributed by atoms with E-state index in [2.05, 4.69) is 15.2 Å². The molecule has 2 aromatic heterocycles. The van der Waals surface area contributed by atoms with Crippen LogP contribution in [0, 0.1) is 0 Å². The summed E-state index contributed by atoms with van der Waals surface area (Å²) >= 11 is 5.99. The minimum Gasteiger partial charge on any atom is -0.381 e. The van der Waals surface area contributed by atoms with E-state index >= 15 is 0 Å². The maximum absolute atomic E-state index is 12.6. The lowest BCUT2D eigenvalue weighted by Gasteiger charge is -2.23. The number of halogens is 1. The first-order chi connectivity index (χ1) is 9.68. The molecule has 3 N–H and O–H groups in total. The second-order valence-electron chi connectivity index (χ2n) is 4.71. The highest BCUT2D eigenvalue weighted by atomic mass is 35.5. The van der Waals surface area contributed by atoms with Crippen LogP contribution in [0.3, 0.4) is 0 Å². The number of nitrogens with zero attached hydrogens (tertiary/aromatic N) is 3. The lowest BCUT2D eigenvalue weighted by molar-refractivity contribution is 0.0727. The minimum absolute atomic E-state index is 0.0238. The van der Waals surface area contributed by atoms with Crippen molar-refractivity contribution in [1.29, 1.82) is 0 Å². The van der Waals surface area contributed by atoms with E-state index in [9.17, 15) is 4.79 Å². The number of aromatic amines is 1. The highest BCUT2D eigenvalue weighted by molar-refractivity contribution is 6.35. The number of amides is 1. The Kier molecular flexibility index (Phi) is 3.31. The van der Waals surface area contributed by atoms with Gasteiger partial charge in [-0.2, -0.15) is 5.10 Å². The molecule has 7 heteroatoms. The highest BCUT2D eigenvalue weighted by Crippen LogP contribution is 2.33. The number of H-pyrrole nitrogens is 1. The maximum Gasteiger partial charge on any atom is 0.274 e. The fourth-order valence-corrected chi connectivity index (χ4v) is 2.68. The molecule has 2 aromatic rings. The first-order valence-corrected chi connectivity index (χ1v) is 6.77. The van der Waals surface area contributed by atoms with Crippen LogP contribution in [0.4, 0.5) is 5.82 Å². The van der Waals surface area contributed by atoms with Gasteiger partial charge in [0.1, 0.15) is 10.7 Å². The van der Waals surface area contributed by atoms with Crippen molar-refractivity contribution in [3.63, 3.8) is 0 Å². The van der Waals surface area contributed by atoms with Crippen LogP contribution in [-0.4, -0.2) is 32.5 Å². The maximum atomic E-state index is 12.6. The Morgan fingerprint density at radius 2 is 2.35 bits per heavy atom. The number of hydrogen-bond acceptors (Lipinski definition) is 4. The Bertz CT molecular complexity index is 627. The molecule has 3 heterocycles. The van der Waals surface area contributed by atoms with Crippen molar-refractivity contribution in [3.05, 3.63) is 40.8 Å². The molecule has 1 aliphatic rings. The molecule has 0 radical (unpaired) electrons. The van der Waals surface area contributed by atoms with Crippen molar-refractivity contribution in [2.75, 3.05) is 12.3 Å². The lowest BCUT2D eigenvalue weighted by atomic mass is 10.1. The van der Waals surface area contributed by atoms with Gasteiger partial charge < -0.3 is 10.6 Å². The molecule has 0 bridgehead atoms. The van der Waals surface area contributed by atoms with Gasteiger partial charge in [0, 0.05) is 12.7 Å². The molecule has 3 rings (SSSR count). The average Bonchev–Trinajstić information content (AvgIpc) is 3.08. The zero-order chi connectivity index (χ0) is 14.1. The van der Waals surface area contributed by atoms with Crippen LogP contribution in [0.25, 0.3) is 0 Å². The van der Waals surface area contributed by atoms with Crippen molar-refractivity contribution in [2.45, 2.75) is 18.9 Å². The Hall–Kier alpha value is -2.08. The van der Waals surface area contributed by atoms with E-state index in [1.165, 1.54) is 0 Å². The number of nitrogens with two attached hydrogens (primary N) is 1. The predicted molar refractivity (Wildman–Crippen MR) is 75.3 cm³/mol. The molecule has 20 heavy (non-hydrogen) atoms. The summed E-state index contributed by atoms with van der Waals surface area (Å²) in [6.45, 7) is 0.676. The summed E-state index contributed by atoms with van der Waals surface area (Å²) < 4.78 is 0. The van der Waals surface area contributed by atoms with Crippen LogP contribution in [0.1, 0.15) is 35.1 Å². The van der Waals surface area contributed by atoms with Crippen molar-refractivity contribution in [1.82, 2.24) is 20.1 Å². The molecule has 0 spiro atoms.